The second-order valence-electron chi connectivity index (χ2n) is 4.80. The molecule has 0 aliphatic heterocycles. The summed E-state index contributed by atoms with van der Waals surface area (Å²) in [5, 5.41) is 0.934. The molecule has 0 bridgehead atoms. The SMILES string of the molecule is CC(C(=O)N(CCCBr)C(C)C)c1ccccc1. The second-order valence-corrected chi connectivity index (χ2v) is 5.59. The number of hydrogen-bond acceptors (Lipinski definition) is 1. The van der Waals surface area contributed by atoms with Crippen LogP contribution in [0.1, 0.15) is 38.7 Å². The first-order valence-corrected chi connectivity index (χ1v) is 7.61. The van der Waals surface area contributed by atoms with Gasteiger partial charge in [-0.25, -0.2) is 0 Å². The summed E-state index contributed by atoms with van der Waals surface area (Å²) in [7, 11) is 0. The lowest BCUT2D eigenvalue weighted by molar-refractivity contribution is -0.134. The molecule has 18 heavy (non-hydrogen) atoms. The molecule has 3 heteroatoms. The molecule has 100 valence electrons. The fourth-order valence-electron chi connectivity index (χ4n) is 1.99. The number of halogens is 1. The first kappa shape index (κ1) is 15.2. The van der Waals surface area contributed by atoms with Gasteiger partial charge < -0.3 is 4.90 Å². The summed E-state index contributed by atoms with van der Waals surface area (Å²) < 4.78 is 0. The van der Waals surface area contributed by atoms with Crippen LogP contribution in [0.5, 0.6) is 0 Å². The van der Waals surface area contributed by atoms with Crippen molar-refractivity contribution in [3.8, 4) is 0 Å². The number of alkyl halides is 1. The van der Waals surface area contributed by atoms with Crippen molar-refractivity contribution in [3.63, 3.8) is 0 Å². The highest BCUT2D eigenvalue weighted by atomic mass is 79.9. The Morgan fingerprint density at radius 1 is 1.22 bits per heavy atom. The third-order valence-electron chi connectivity index (χ3n) is 3.11. The summed E-state index contributed by atoms with van der Waals surface area (Å²) in [6.45, 7) is 6.95. The van der Waals surface area contributed by atoms with Gasteiger partial charge in [0, 0.05) is 17.9 Å². The number of carbonyl (C=O) groups excluding carboxylic acids is 1. The van der Waals surface area contributed by atoms with Gasteiger partial charge in [0.05, 0.1) is 5.92 Å². The van der Waals surface area contributed by atoms with E-state index in [1.807, 2.05) is 42.2 Å². The molecule has 2 nitrogen and oxygen atoms in total. The quantitative estimate of drug-likeness (QED) is 0.731. The first-order valence-electron chi connectivity index (χ1n) is 6.49. The van der Waals surface area contributed by atoms with Gasteiger partial charge in [0.1, 0.15) is 0 Å². The van der Waals surface area contributed by atoms with Crippen LogP contribution in [-0.2, 0) is 4.79 Å². The smallest absolute Gasteiger partial charge is 0.230 e. The molecule has 1 rings (SSSR count). The lowest BCUT2D eigenvalue weighted by Crippen LogP contribution is -2.40. The topological polar surface area (TPSA) is 20.3 Å². The van der Waals surface area contributed by atoms with Crippen molar-refractivity contribution in [2.75, 3.05) is 11.9 Å². The van der Waals surface area contributed by atoms with Gasteiger partial charge in [-0.2, -0.15) is 0 Å². The number of nitrogens with zero attached hydrogens (tertiary/aromatic N) is 1. The molecule has 1 atom stereocenters. The third-order valence-corrected chi connectivity index (χ3v) is 3.67. The highest BCUT2D eigenvalue weighted by Crippen LogP contribution is 2.19. The largest absolute Gasteiger partial charge is 0.340 e. The third kappa shape index (κ3) is 4.13. The Balaban J connectivity index is 2.76. The van der Waals surface area contributed by atoms with Crippen molar-refractivity contribution in [2.45, 2.75) is 39.2 Å². The summed E-state index contributed by atoms with van der Waals surface area (Å²) in [5.74, 6) is 0.154. The normalized spacial score (nSPS) is 12.5. The minimum Gasteiger partial charge on any atom is -0.340 e. The van der Waals surface area contributed by atoms with E-state index >= 15 is 0 Å². The van der Waals surface area contributed by atoms with E-state index in [1.165, 1.54) is 0 Å². The average molecular weight is 312 g/mol. The Labute approximate surface area is 119 Å². The van der Waals surface area contributed by atoms with Gasteiger partial charge in [0.2, 0.25) is 5.91 Å². The lowest BCUT2D eigenvalue weighted by Gasteiger charge is -2.29. The fourth-order valence-corrected chi connectivity index (χ4v) is 2.24. The molecule has 0 radical (unpaired) electrons. The van der Waals surface area contributed by atoms with Gasteiger partial charge >= 0.3 is 0 Å². The zero-order valence-corrected chi connectivity index (χ0v) is 13.0. The van der Waals surface area contributed by atoms with E-state index in [0.29, 0.717) is 0 Å². The predicted octanol–water partition coefficient (Wildman–Crippen LogP) is 3.81. The molecule has 1 aromatic carbocycles. The highest BCUT2D eigenvalue weighted by molar-refractivity contribution is 9.09. The van der Waals surface area contributed by atoms with Gasteiger partial charge in [-0.1, -0.05) is 46.3 Å². The van der Waals surface area contributed by atoms with Crippen molar-refractivity contribution in [1.29, 1.82) is 0 Å². The molecule has 0 spiro atoms. The first-order chi connectivity index (χ1) is 8.57. The standard InChI is InChI=1S/C15H22BrNO/c1-12(2)17(11-7-10-16)15(18)13(3)14-8-5-4-6-9-14/h4-6,8-9,12-13H,7,10-11H2,1-3H3. The Morgan fingerprint density at radius 3 is 2.33 bits per heavy atom. The Morgan fingerprint density at radius 2 is 1.83 bits per heavy atom. The molecule has 0 aliphatic carbocycles. The number of amides is 1. The maximum absolute atomic E-state index is 12.5. The molecule has 1 amide bonds. The van der Waals surface area contributed by atoms with E-state index in [0.717, 1.165) is 23.9 Å². The Bertz CT molecular complexity index is 364. The van der Waals surface area contributed by atoms with Crippen molar-refractivity contribution in [3.05, 3.63) is 35.9 Å². The van der Waals surface area contributed by atoms with Crippen LogP contribution >= 0.6 is 15.9 Å². The molecule has 0 aliphatic rings. The van der Waals surface area contributed by atoms with Gasteiger partial charge in [-0.3, -0.25) is 4.79 Å². The molecule has 0 aromatic heterocycles. The summed E-state index contributed by atoms with van der Waals surface area (Å²) in [6, 6.07) is 10.2. The summed E-state index contributed by atoms with van der Waals surface area (Å²) >= 11 is 3.42. The van der Waals surface area contributed by atoms with Gasteiger partial charge in [0.25, 0.3) is 0 Å². The summed E-state index contributed by atoms with van der Waals surface area (Å²) in [6.07, 6.45) is 0.991. The molecule has 0 saturated carbocycles. The molecule has 1 aromatic rings. The maximum Gasteiger partial charge on any atom is 0.230 e. The molecule has 0 fully saturated rings. The van der Waals surface area contributed by atoms with E-state index in [1.54, 1.807) is 0 Å². The highest BCUT2D eigenvalue weighted by Gasteiger charge is 2.23. The van der Waals surface area contributed by atoms with Crippen molar-refractivity contribution in [1.82, 2.24) is 4.90 Å². The van der Waals surface area contributed by atoms with Crippen molar-refractivity contribution in [2.24, 2.45) is 0 Å². The van der Waals surface area contributed by atoms with Crippen LogP contribution in [0.2, 0.25) is 0 Å². The van der Waals surface area contributed by atoms with Gasteiger partial charge in [0.15, 0.2) is 0 Å². The molecule has 0 saturated heterocycles. The molecule has 0 N–H and O–H groups in total. The Kier molecular flexibility index (Phi) is 6.41. The van der Waals surface area contributed by atoms with Crippen molar-refractivity contribution < 1.29 is 4.79 Å². The van der Waals surface area contributed by atoms with Gasteiger partial charge in [-0.15, -0.1) is 0 Å². The zero-order valence-electron chi connectivity index (χ0n) is 11.4. The van der Waals surface area contributed by atoms with Crippen LogP contribution in [0.3, 0.4) is 0 Å². The monoisotopic (exact) mass is 311 g/mol. The number of rotatable bonds is 6. The average Bonchev–Trinajstić information content (AvgIpc) is 2.38. The minimum absolute atomic E-state index is 0.0658. The number of hydrogen-bond donors (Lipinski definition) is 0. The summed E-state index contributed by atoms with van der Waals surface area (Å²) in [4.78, 5) is 14.5. The van der Waals surface area contributed by atoms with Crippen LogP contribution in [-0.4, -0.2) is 28.7 Å². The van der Waals surface area contributed by atoms with Crippen LogP contribution in [0, 0.1) is 0 Å². The van der Waals surface area contributed by atoms with E-state index in [9.17, 15) is 4.79 Å². The van der Waals surface area contributed by atoms with E-state index < -0.39 is 0 Å². The molecule has 1 unspecified atom stereocenters. The lowest BCUT2D eigenvalue weighted by atomic mass is 9.99. The van der Waals surface area contributed by atoms with Crippen LogP contribution in [0.15, 0.2) is 30.3 Å². The Hall–Kier alpha value is -0.830. The fraction of sp³-hybridized carbons (Fsp3) is 0.533. The van der Waals surface area contributed by atoms with Crippen LogP contribution in [0.4, 0.5) is 0 Å². The van der Waals surface area contributed by atoms with E-state index in [-0.39, 0.29) is 17.9 Å². The molecule has 0 heterocycles. The van der Waals surface area contributed by atoms with Crippen LogP contribution < -0.4 is 0 Å². The van der Waals surface area contributed by atoms with Gasteiger partial charge in [-0.05, 0) is 32.8 Å². The maximum atomic E-state index is 12.5. The summed E-state index contributed by atoms with van der Waals surface area (Å²) in [5.41, 5.74) is 1.09. The second kappa shape index (κ2) is 7.57. The number of benzene rings is 1. The zero-order chi connectivity index (χ0) is 13.5. The van der Waals surface area contributed by atoms with E-state index in [2.05, 4.69) is 29.8 Å². The van der Waals surface area contributed by atoms with Crippen molar-refractivity contribution >= 4 is 21.8 Å². The van der Waals surface area contributed by atoms with Crippen LogP contribution in [0.25, 0.3) is 0 Å². The predicted molar refractivity (Wildman–Crippen MR) is 80.1 cm³/mol. The number of carbonyl (C=O) groups is 1. The molecular weight excluding hydrogens is 290 g/mol. The van der Waals surface area contributed by atoms with E-state index in [4.69, 9.17) is 0 Å². The minimum atomic E-state index is -0.0658. The molecular formula is C15H22BrNO.